The first-order valence-electron chi connectivity index (χ1n) is 13.8. The number of carbonyl (C=O) groups excluding carboxylic acids is 2. The molecule has 2 aromatic carbocycles. The summed E-state index contributed by atoms with van der Waals surface area (Å²) in [7, 11) is 2.03. The van der Waals surface area contributed by atoms with Crippen LogP contribution in [0.3, 0.4) is 0 Å². The molecule has 0 aliphatic carbocycles. The van der Waals surface area contributed by atoms with Crippen molar-refractivity contribution >= 4 is 17.5 Å². The first kappa shape index (κ1) is 28.4. The molecule has 0 spiro atoms. The third-order valence-electron chi connectivity index (χ3n) is 7.50. The molecule has 10 nitrogen and oxygen atoms in total. The Bertz CT molecular complexity index is 1380. The molecule has 0 bridgehead atoms. The summed E-state index contributed by atoms with van der Waals surface area (Å²) in [6.45, 7) is 5.73. The van der Waals surface area contributed by atoms with E-state index in [4.69, 9.17) is 14.2 Å². The second-order valence-corrected chi connectivity index (χ2v) is 10.8. The quantitative estimate of drug-likeness (QED) is 0.431. The zero-order valence-electron chi connectivity index (χ0n) is 23.6. The van der Waals surface area contributed by atoms with E-state index in [9.17, 15) is 14.7 Å². The number of anilines is 1. The second kappa shape index (κ2) is 12.6. The van der Waals surface area contributed by atoms with Gasteiger partial charge in [-0.25, -0.2) is 0 Å². The van der Waals surface area contributed by atoms with E-state index < -0.39 is 0 Å². The molecule has 216 valence electrons. The first-order valence-corrected chi connectivity index (χ1v) is 13.8. The van der Waals surface area contributed by atoms with Crippen LogP contribution in [0.4, 0.5) is 5.69 Å². The highest BCUT2D eigenvalue weighted by Gasteiger charge is 2.31. The van der Waals surface area contributed by atoms with Gasteiger partial charge in [0.05, 0.1) is 19.1 Å². The summed E-state index contributed by atoms with van der Waals surface area (Å²) in [5.41, 5.74) is 2.81. The maximum absolute atomic E-state index is 13.5. The number of rotatable bonds is 8. The Morgan fingerprint density at radius 2 is 1.88 bits per heavy atom. The molecule has 2 N–H and O–H groups in total. The van der Waals surface area contributed by atoms with E-state index in [0.29, 0.717) is 42.2 Å². The van der Waals surface area contributed by atoms with Crippen LogP contribution in [0, 0.1) is 5.92 Å². The van der Waals surface area contributed by atoms with Crippen molar-refractivity contribution in [3.63, 3.8) is 0 Å². The van der Waals surface area contributed by atoms with E-state index in [0.717, 1.165) is 17.1 Å². The van der Waals surface area contributed by atoms with E-state index in [2.05, 4.69) is 22.1 Å². The van der Waals surface area contributed by atoms with Gasteiger partial charge in [0.1, 0.15) is 11.9 Å². The molecule has 3 heterocycles. The van der Waals surface area contributed by atoms with Crippen molar-refractivity contribution in [2.45, 2.75) is 39.0 Å². The number of hydrogen-bond acceptors (Lipinski definition) is 8. The maximum Gasteiger partial charge on any atom is 0.255 e. The van der Waals surface area contributed by atoms with Crippen LogP contribution in [0.1, 0.15) is 35.3 Å². The van der Waals surface area contributed by atoms with Crippen molar-refractivity contribution in [1.29, 1.82) is 0 Å². The number of aromatic nitrogens is 1. The van der Waals surface area contributed by atoms with Gasteiger partial charge in [-0.3, -0.25) is 19.5 Å². The Morgan fingerprint density at radius 1 is 1.12 bits per heavy atom. The van der Waals surface area contributed by atoms with Crippen LogP contribution in [0.15, 0.2) is 60.9 Å². The predicted octanol–water partition coefficient (Wildman–Crippen LogP) is 3.34. The van der Waals surface area contributed by atoms with Crippen LogP contribution >= 0.6 is 0 Å². The average Bonchev–Trinajstić information content (AvgIpc) is 3.45. The number of ether oxygens (including phenoxy) is 3. The number of likely N-dealkylation sites (N-methyl/N-ethyl adjacent to an activating group) is 1. The van der Waals surface area contributed by atoms with Crippen LogP contribution in [-0.2, 0) is 17.8 Å². The standard InChI is InChI=1S/C31H36N4O6/c1-20-15-35(21(2)18-36)30(37)14-24-13-25(33-31(38)23-8-10-32-11-9-23)5-7-26(24)41-29(20)17-34(3)16-22-4-6-27-28(12-22)40-19-39-27/h4-13,20-21,29,36H,14-19H2,1-3H3,(H,33,38)/t20-,21-,29+/m1/s1. The van der Waals surface area contributed by atoms with Crippen molar-refractivity contribution in [2.75, 3.05) is 38.9 Å². The normalized spacial score (nSPS) is 19.0. The molecule has 3 aromatic rings. The Morgan fingerprint density at radius 3 is 2.66 bits per heavy atom. The Kier molecular flexibility index (Phi) is 8.70. The number of aliphatic hydroxyl groups is 1. The summed E-state index contributed by atoms with van der Waals surface area (Å²) < 4.78 is 17.6. The van der Waals surface area contributed by atoms with Crippen LogP contribution in [0.5, 0.6) is 17.2 Å². The predicted molar refractivity (Wildman–Crippen MR) is 153 cm³/mol. The van der Waals surface area contributed by atoms with Crippen LogP contribution in [0.25, 0.3) is 0 Å². The largest absolute Gasteiger partial charge is 0.488 e. The highest BCUT2D eigenvalue weighted by Crippen LogP contribution is 2.33. The monoisotopic (exact) mass is 560 g/mol. The van der Waals surface area contributed by atoms with Crippen molar-refractivity contribution < 1.29 is 28.9 Å². The van der Waals surface area contributed by atoms with Gasteiger partial charge < -0.3 is 29.5 Å². The molecular formula is C31H36N4O6. The molecule has 2 aliphatic rings. The number of amides is 2. The summed E-state index contributed by atoms with van der Waals surface area (Å²) in [5, 5.41) is 12.8. The van der Waals surface area contributed by atoms with Gasteiger partial charge in [-0.2, -0.15) is 0 Å². The number of nitrogens with zero attached hydrogens (tertiary/aromatic N) is 3. The molecule has 41 heavy (non-hydrogen) atoms. The minimum Gasteiger partial charge on any atom is -0.488 e. The van der Waals surface area contributed by atoms with E-state index in [1.165, 1.54) is 0 Å². The van der Waals surface area contributed by atoms with Crippen LogP contribution in [-0.4, -0.2) is 77.4 Å². The topological polar surface area (TPSA) is 113 Å². The van der Waals surface area contributed by atoms with Crippen molar-refractivity contribution in [3.8, 4) is 17.2 Å². The van der Waals surface area contributed by atoms with Gasteiger partial charge in [0.25, 0.3) is 5.91 Å². The summed E-state index contributed by atoms with van der Waals surface area (Å²) >= 11 is 0. The van der Waals surface area contributed by atoms with Gasteiger partial charge in [0.15, 0.2) is 11.5 Å². The third-order valence-corrected chi connectivity index (χ3v) is 7.50. The molecule has 0 saturated carbocycles. The average molecular weight is 561 g/mol. The summed E-state index contributed by atoms with van der Waals surface area (Å²) in [5.74, 6) is 1.71. The minimum absolute atomic E-state index is 0.0239. The van der Waals surface area contributed by atoms with Crippen molar-refractivity contribution in [2.24, 2.45) is 5.92 Å². The van der Waals surface area contributed by atoms with Crippen molar-refractivity contribution in [1.82, 2.24) is 14.8 Å². The fourth-order valence-corrected chi connectivity index (χ4v) is 5.15. The van der Waals surface area contributed by atoms with Gasteiger partial charge in [-0.1, -0.05) is 13.0 Å². The lowest BCUT2D eigenvalue weighted by atomic mass is 10.0. The molecule has 10 heteroatoms. The fourth-order valence-electron chi connectivity index (χ4n) is 5.15. The number of hydrogen-bond donors (Lipinski definition) is 2. The molecule has 0 radical (unpaired) electrons. The highest BCUT2D eigenvalue weighted by molar-refractivity contribution is 6.04. The van der Waals surface area contributed by atoms with Gasteiger partial charge in [-0.05, 0) is 62.0 Å². The summed E-state index contributed by atoms with van der Waals surface area (Å²) in [4.78, 5) is 34.1. The van der Waals surface area contributed by atoms with Crippen LogP contribution in [0.2, 0.25) is 0 Å². The summed E-state index contributed by atoms with van der Waals surface area (Å²) in [6.07, 6.45) is 2.97. The van der Waals surface area contributed by atoms with Gasteiger partial charge >= 0.3 is 0 Å². The summed E-state index contributed by atoms with van der Waals surface area (Å²) in [6, 6.07) is 14.3. The number of fused-ring (bicyclic) bond motifs is 2. The Labute approximate surface area is 239 Å². The lowest BCUT2D eigenvalue weighted by molar-refractivity contribution is -0.134. The fraction of sp³-hybridized carbons (Fsp3) is 0.387. The van der Waals surface area contributed by atoms with Crippen molar-refractivity contribution in [3.05, 3.63) is 77.6 Å². The molecule has 0 unspecified atom stereocenters. The highest BCUT2D eigenvalue weighted by atomic mass is 16.7. The van der Waals surface area contributed by atoms with E-state index in [1.807, 2.05) is 38.2 Å². The lowest BCUT2D eigenvalue weighted by Gasteiger charge is -2.34. The Balaban J connectivity index is 1.38. The molecule has 5 rings (SSSR count). The number of aliphatic hydroxyl groups excluding tert-OH is 1. The third kappa shape index (κ3) is 6.78. The van der Waals surface area contributed by atoms with Gasteiger partial charge in [0, 0.05) is 54.8 Å². The minimum atomic E-state index is -0.340. The molecule has 3 atom stereocenters. The Hall–Kier alpha value is -4.15. The first-order chi connectivity index (χ1) is 19.8. The molecule has 0 fully saturated rings. The molecule has 1 aromatic heterocycles. The van der Waals surface area contributed by atoms with E-state index in [-0.39, 0.29) is 49.7 Å². The van der Waals surface area contributed by atoms with Crippen LogP contribution < -0.4 is 19.5 Å². The molecular weight excluding hydrogens is 524 g/mol. The molecule has 2 amide bonds. The smallest absolute Gasteiger partial charge is 0.255 e. The zero-order valence-corrected chi connectivity index (χ0v) is 23.6. The van der Waals surface area contributed by atoms with E-state index in [1.54, 1.807) is 41.6 Å². The lowest BCUT2D eigenvalue weighted by Crippen LogP contribution is -2.47. The van der Waals surface area contributed by atoms with Gasteiger partial charge in [0.2, 0.25) is 12.7 Å². The number of pyridine rings is 1. The number of nitrogens with one attached hydrogen (secondary N) is 1. The van der Waals surface area contributed by atoms with E-state index >= 15 is 0 Å². The number of carbonyl (C=O) groups is 2. The molecule has 2 aliphatic heterocycles. The number of benzene rings is 2. The zero-order chi connectivity index (χ0) is 28.9. The second-order valence-electron chi connectivity index (χ2n) is 10.8. The maximum atomic E-state index is 13.5. The SMILES string of the molecule is C[C@@H]1CN([C@H](C)CO)C(=O)Cc2cc(NC(=O)c3ccncc3)ccc2O[C@H]1CN(C)Cc1ccc2c(c1)OCO2. The molecule has 0 saturated heterocycles. The van der Waals surface area contributed by atoms with Gasteiger partial charge in [-0.15, -0.1) is 0 Å².